The minimum atomic E-state index is -0.0892. The molecule has 0 aromatic heterocycles. The topological polar surface area (TPSA) is 62.3 Å². The van der Waals surface area contributed by atoms with E-state index in [0.29, 0.717) is 25.3 Å². The third-order valence-corrected chi connectivity index (χ3v) is 3.35. The molecule has 0 aliphatic carbocycles. The number of nitriles is 1. The number of anilines is 1. The Kier molecular flexibility index (Phi) is 3.55. The van der Waals surface area contributed by atoms with Crippen LogP contribution in [-0.2, 0) is 11.3 Å². The second kappa shape index (κ2) is 4.97. The Morgan fingerprint density at radius 1 is 1.50 bits per heavy atom. The average molecular weight is 245 g/mol. The number of hydrogen-bond acceptors (Lipinski definition) is 4. The Morgan fingerprint density at radius 2 is 2.28 bits per heavy atom. The van der Waals surface area contributed by atoms with Crippen molar-refractivity contribution in [2.24, 2.45) is 5.73 Å². The number of nitrogens with zero attached hydrogens (tertiary/aromatic N) is 2. The van der Waals surface area contributed by atoms with Crippen LogP contribution >= 0.6 is 0 Å². The fourth-order valence-electron chi connectivity index (χ4n) is 2.34. The lowest BCUT2D eigenvalue weighted by Crippen LogP contribution is -2.53. The monoisotopic (exact) mass is 245 g/mol. The summed E-state index contributed by atoms with van der Waals surface area (Å²) in [6.07, 6.45) is 0. The lowest BCUT2D eigenvalue weighted by molar-refractivity contribution is 0.0644. The number of morpholine rings is 1. The molecular formula is C14H19N3O. The van der Waals surface area contributed by atoms with Gasteiger partial charge < -0.3 is 15.4 Å². The molecule has 1 fully saturated rings. The minimum Gasteiger partial charge on any atom is -0.377 e. The molecule has 1 heterocycles. The first-order chi connectivity index (χ1) is 8.58. The Labute approximate surface area is 108 Å². The van der Waals surface area contributed by atoms with E-state index < -0.39 is 0 Å². The zero-order chi connectivity index (χ0) is 13.2. The van der Waals surface area contributed by atoms with E-state index in [-0.39, 0.29) is 5.54 Å². The maximum absolute atomic E-state index is 9.29. The molecule has 0 saturated carbocycles. The van der Waals surface area contributed by atoms with Gasteiger partial charge in [-0.2, -0.15) is 5.26 Å². The second-order valence-electron chi connectivity index (χ2n) is 5.18. The lowest BCUT2D eigenvalue weighted by Gasteiger charge is -2.44. The number of hydrogen-bond donors (Lipinski definition) is 1. The van der Waals surface area contributed by atoms with E-state index >= 15 is 0 Å². The van der Waals surface area contributed by atoms with Crippen LogP contribution in [-0.4, -0.2) is 25.3 Å². The second-order valence-corrected chi connectivity index (χ2v) is 5.18. The van der Waals surface area contributed by atoms with Gasteiger partial charge in [0.2, 0.25) is 0 Å². The Balaban J connectivity index is 2.41. The number of benzene rings is 1. The molecule has 1 saturated heterocycles. The predicted molar refractivity (Wildman–Crippen MR) is 71.3 cm³/mol. The van der Waals surface area contributed by atoms with Gasteiger partial charge in [0.25, 0.3) is 0 Å². The van der Waals surface area contributed by atoms with Gasteiger partial charge >= 0.3 is 0 Å². The first-order valence-corrected chi connectivity index (χ1v) is 6.17. The SMILES string of the molecule is CC1(C)COCCN1c1ccc(CN)cc1C#N. The van der Waals surface area contributed by atoms with E-state index in [9.17, 15) is 5.26 Å². The van der Waals surface area contributed by atoms with Crippen LogP contribution in [0.25, 0.3) is 0 Å². The fraction of sp³-hybridized carbons (Fsp3) is 0.500. The van der Waals surface area contributed by atoms with E-state index in [2.05, 4.69) is 24.8 Å². The fourth-order valence-corrected chi connectivity index (χ4v) is 2.34. The van der Waals surface area contributed by atoms with E-state index in [1.54, 1.807) is 0 Å². The summed E-state index contributed by atoms with van der Waals surface area (Å²) < 4.78 is 5.51. The van der Waals surface area contributed by atoms with Crippen molar-refractivity contribution in [1.82, 2.24) is 0 Å². The molecule has 0 spiro atoms. The van der Waals surface area contributed by atoms with Crippen LogP contribution in [0.3, 0.4) is 0 Å². The van der Waals surface area contributed by atoms with Crippen molar-refractivity contribution in [2.45, 2.75) is 25.9 Å². The maximum Gasteiger partial charge on any atom is 0.101 e. The lowest BCUT2D eigenvalue weighted by atomic mass is 9.99. The van der Waals surface area contributed by atoms with E-state index in [0.717, 1.165) is 17.8 Å². The largest absolute Gasteiger partial charge is 0.377 e. The van der Waals surface area contributed by atoms with E-state index in [1.807, 2.05) is 18.2 Å². The molecule has 2 rings (SSSR count). The van der Waals surface area contributed by atoms with Crippen molar-refractivity contribution >= 4 is 5.69 Å². The molecule has 18 heavy (non-hydrogen) atoms. The van der Waals surface area contributed by atoms with Gasteiger partial charge in [0.1, 0.15) is 6.07 Å². The normalized spacial score (nSPS) is 18.4. The molecule has 0 amide bonds. The summed E-state index contributed by atoms with van der Waals surface area (Å²) >= 11 is 0. The van der Waals surface area contributed by atoms with Crippen molar-refractivity contribution in [1.29, 1.82) is 5.26 Å². The summed E-state index contributed by atoms with van der Waals surface area (Å²) in [7, 11) is 0. The summed E-state index contributed by atoms with van der Waals surface area (Å²) in [6, 6.07) is 8.12. The summed E-state index contributed by atoms with van der Waals surface area (Å²) in [5.41, 5.74) is 8.17. The van der Waals surface area contributed by atoms with Gasteiger partial charge in [-0.05, 0) is 31.5 Å². The van der Waals surface area contributed by atoms with Gasteiger partial charge in [-0.3, -0.25) is 0 Å². The summed E-state index contributed by atoms with van der Waals surface area (Å²) in [4.78, 5) is 2.25. The quantitative estimate of drug-likeness (QED) is 0.860. The van der Waals surface area contributed by atoms with Gasteiger partial charge in [-0.1, -0.05) is 6.07 Å². The molecule has 0 radical (unpaired) electrons. The van der Waals surface area contributed by atoms with Gasteiger partial charge in [0, 0.05) is 13.1 Å². The smallest absolute Gasteiger partial charge is 0.101 e. The molecule has 1 aliphatic rings. The molecule has 0 unspecified atom stereocenters. The molecule has 1 aromatic carbocycles. The average Bonchev–Trinajstić information content (AvgIpc) is 2.37. The number of rotatable bonds is 2. The highest BCUT2D eigenvalue weighted by atomic mass is 16.5. The number of nitrogens with two attached hydrogens (primary N) is 1. The first-order valence-electron chi connectivity index (χ1n) is 6.17. The standard InChI is InChI=1S/C14H19N3O/c1-14(2)10-18-6-5-17(14)13-4-3-11(8-15)7-12(13)9-16/h3-4,7H,5-6,8,10,15H2,1-2H3. The van der Waals surface area contributed by atoms with Gasteiger partial charge in [0.15, 0.2) is 0 Å². The zero-order valence-corrected chi connectivity index (χ0v) is 10.9. The molecule has 96 valence electrons. The van der Waals surface area contributed by atoms with Crippen LogP contribution < -0.4 is 10.6 Å². The first kappa shape index (κ1) is 12.9. The summed E-state index contributed by atoms with van der Waals surface area (Å²) in [6.45, 7) is 6.91. The molecule has 2 N–H and O–H groups in total. The third kappa shape index (κ3) is 2.33. The highest BCUT2D eigenvalue weighted by Gasteiger charge is 2.31. The molecule has 0 atom stereocenters. The van der Waals surface area contributed by atoms with Crippen LogP contribution in [0.2, 0.25) is 0 Å². The molecule has 1 aliphatic heterocycles. The van der Waals surface area contributed by atoms with Crippen molar-refractivity contribution in [3.63, 3.8) is 0 Å². The third-order valence-electron chi connectivity index (χ3n) is 3.35. The Morgan fingerprint density at radius 3 is 2.89 bits per heavy atom. The highest BCUT2D eigenvalue weighted by Crippen LogP contribution is 2.30. The summed E-state index contributed by atoms with van der Waals surface area (Å²) in [5.74, 6) is 0. The van der Waals surface area contributed by atoms with Crippen molar-refractivity contribution in [3.05, 3.63) is 29.3 Å². The highest BCUT2D eigenvalue weighted by molar-refractivity contribution is 5.62. The van der Waals surface area contributed by atoms with E-state index in [1.165, 1.54) is 0 Å². The zero-order valence-electron chi connectivity index (χ0n) is 10.9. The Hall–Kier alpha value is -1.57. The van der Waals surface area contributed by atoms with E-state index in [4.69, 9.17) is 10.5 Å². The van der Waals surface area contributed by atoms with Gasteiger partial charge in [-0.15, -0.1) is 0 Å². The number of ether oxygens (including phenoxy) is 1. The van der Waals surface area contributed by atoms with Crippen molar-refractivity contribution < 1.29 is 4.74 Å². The maximum atomic E-state index is 9.29. The minimum absolute atomic E-state index is 0.0892. The molecule has 4 heteroatoms. The molecule has 1 aromatic rings. The Bertz CT molecular complexity index is 476. The van der Waals surface area contributed by atoms with Crippen LogP contribution in [0.15, 0.2) is 18.2 Å². The van der Waals surface area contributed by atoms with Gasteiger partial charge in [0.05, 0.1) is 30.0 Å². The summed E-state index contributed by atoms with van der Waals surface area (Å²) in [5, 5.41) is 9.29. The molecule has 0 bridgehead atoms. The van der Waals surface area contributed by atoms with Crippen LogP contribution in [0, 0.1) is 11.3 Å². The van der Waals surface area contributed by atoms with Crippen molar-refractivity contribution in [2.75, 3.05) is 24.7 Å². The van der Waals surface area contributed by atoms with Crippen LogP contribution in [0.1, 0.15) is 25.0 Å². The molecular weight excluding hydrogens is 226 g/mol. The van der Waals surface area contributed by atoms with Crippen LogP contribution in [0.5, 0.6) is 0 Å². The van der Waals surface area contributed by atoms with Crippen LogP contribution in [0.4, 0.5) is 5.69 Å². The van der Waals surface area contributed by atoms with Crippen molar-refractivity contribution in [3.8, 4) is 6.07 Å². The van der Waals surface area contributed by atoms with Gasteiger partial charge in [-0.25, -0.2) is 0 Å². The predicted octanol–water partition coefficient (Wildman–Crippen LogP) is 1.63. The molecule has 4 nitrogen and oxygen atoms in total.